The topological polar surface area (TPSA) is 26.0 Å². The van der Waals surface area contributed by atoms with Gasteiger partial charge in [0.1, 0.15) is 0 Å². The van der Waals surface area contributed by atoms with Crippen molar-refractivity contribution in [1.29, 1.82) is 0 Å². The van der Waals surface area contributed by atoms with Crippen molar-refractivity contribution < 1.29 is 0 Å². The van der Waals surface area contributed by atoms with Crippen LogP contribution in [0.15, 0.2) is 60.4 Å². The van der Waals surface area contributed by atoms with Gasteiger partial charge >= 0.3 is 0 Å². The molecular formula is C21H35N. The molecule has 124 valence electrons. The average Bonchev–Trinajstić information content (AvgIpc) is 2.45. The minimum atomic E-state index is 0.149. The van der Waals surface area contributed by atoms with Crippen molar-refractivity contribution in [1.82, 2.24) is 0 Å². The van der Waals surface area contributed by atoms with Gasteiger partial charge in [-0.1, -0.05) is 70.9 Å². The maximum atomic E-state index is 5.39. The lowest BCUT2D eigenvalue weighted by Crippen LogP contribution is -2.20. The van der Waals surface area contributed by atoms with Gasteiger partial charge in [-0.15, -0.1) is 6.58 Å². The van der Waals surface area contributed by atoms with Crippen LogP contribution in [0, 0.1) is 11.3 Å². The fourth-order valence-corrected chi connectivity index (χ4v) is 3.16. The quantitative estimate of drug-likeness (QED) is 0.371. The van der Waals surface area contributed by atoms with Crippen LogP contribution in [0.5, 0.6) is 0 Å². The van der Waals surface area contributed by atoms with Crippen LogP contribution < -0.4 is 5.73 Å². The average molecular weight is 302 g/mol. The van der Waals surface area contributed by atoms with Crippen LogP contribution in [-0.2, 0) is 0 Å². The van der Waals surface area contributed by atoms with Gasteiger partial charge in [0.2, 0.25) is 0 Å². The smallest absolute Gasteiger partial charge is 0.00624 e. The lowest BCUT2D eigenvalue weighted by Gasteiger charge is -2.32. The van der Waals surface area contributed by atoms with Crippen molar-refractivity contribution in [2.24, 2.45) is 17.1 Å². The molecule has 0 aliphatic carbocycles. The van der Waals surface area contributed by atoms with Crippen molar-refractivity contribution in [3.05, 3.63) is 60.4 Å². The summed E-state index contributed by atoms with van der Waals surface area (Å²) in [4.78, 5) is 0. The second kappa shape index (κ2) is 11.1. The van der Waals surface area contributed by atoms with E-state index < -0.39 is 0 Å². The summed E-state index contributed by atoms with van der Waals surface area (Å²) in [6.07, 6.45) is 18.5. The summed E-state index contributed by atoms with van der Waals surface area (Å²) in [7, 11) is 0. The van der Waals surface area contributed by atoms with Gasteiger partial charge in [-0.2, -0.15) is 0 Å². The van der Waals surface area contributed by atoms with Crippen LogP contribution >= 0.6 is 0 Å². The molecule has 0 heterocycles. The van der Waals surface area contributed by atoms with Crippen LogP contribution in [0.1, 0.15) is 60.3 Å². The summed E-state index contributed by atoms with van der Waals surface area (Å²) in [5.74, 6) is 0.734. The molecule has 1 heteroatoms. The molecule has 0 radical (unpaired) electrons. The van der Waals surface area contributed by atoms with E-state index >= 15 is 0 Å². The fourth-order valence-electron chi connectivity index (χ4n) is 3.16. The largest absolute Gasteiger partial charge is 0.405 e. The Morgan fingerprint density at radius 3 is 2.41 bits per heavy atom. The van der Waals surface area contributed by atoms with Gasteiger partial charge < -0.3 is 5.73 Å². The normalized spacial score (nSPS) is 15.7. The van der Waals surface area contributed by atoms with E-state index in [1.165, 1.54) is 30.4 Å². The van der Waals surface area contributed by atoms with Crippen LogP contribution in [-0.4, -0.2) is 0 Å². The van der Waals surface area contributed by atoms with Crippen LogP contribution in [0.4, 0.5) is 0 Å². The Hall–Kier alpha value is -1.50. The van der Waals surface area contributed by atoms with E-state index in [1.807, 2.05) is 18.2 Å². The predicted octanol–water partition coefficient (Wildman–Crippen LogP) is 6.32. The number of allylic oxidation sites excluding steroid dienone is 8. The van der Waals surface area contributed by atoms with Gasteiger partial charge in [0.25, 0.3) is 0 Å². The zero-order chi connectivity index (χ0) is 17.0. The molecule has 0 aromatic carbocycles. The molecular weight excluding hydrogens is 266 g/mol. The summed E-state index contributed by atoms with van der Waals surface area (Å²) in [6, 6.07) is 0. The van der Waals surface area contributed by atoms with E-state index in [-0.39, 0.29) is 5.41 Å². The van der Waals surface area contributed by atoms with Crippen LogP contribution in [0.3, 0.4) is 0 Å². The molecule has 0 spiro atoms. The van der Waals surface area contributed by atoms with Crippen molar-refractivity contribution in [3.63, 3.8) is 0 Å². The third-order valence-electron chi connectivity index (χ3n) is 4.02. The minimum absolute atomic E-state index is 0.149. The van der Waals surface area contributed by atoms with E-state index in [4.69, 9.17) is 5.73 Å². The molecule has 0 aromatic heterocycles. The van der Waals surface area contributed by atoms with Gasteiger partial charge in [-0.05, 0) is 54.5 Å². The Bertz CT molecular complexity index is 433. The Kier molecular flexibility index (Phi) is 10.4. The molecule has 0 aromatic rings. The molecule has 0 aliphatic heterocycles. The van der Waals surface area contributed by atoms with E-state index in [9.17, 15) is 0 Å². The summed E-state index contributed by atoms with van der Waals surface area (Å²) < 4.78 is 0. The van der Waals surface area contributed by atoms with Gasteiger partial charge in [0.05, 0.1) is 0 Å². The van der Waals surface area contributed by atoms with Crippen molar-refractivity contribution >= 4 is 0 Å². The molecule has 22 heavy (non-hydrogen) atoms. The maximum absolute atomic E-state index is 5.39. The lowest BCUT2D eigenvalue weighted by molar-refractivity contribution is 0.318. The summed E-state index contributed by atoms with van der Waals surface area (Å²) >= 11 is 0. The minimum Gasteiger partial charge on any atom is -0.405 e. The number of nitrogens with two attached hydrogens (primary N) is 1. The summed E-state index contributed by atoms with van der Waals surface area (Å²) in [5.41, 5.74) is 8.30. The fraction of sp³-hybridized carbons (Fsp3) is 0.524. The second-order valence-electron chi connectivity index (χ2n) is 6.64. The Morgan fingerprint density at radius 2 is 1.91 bits per heavy atom. The number of hydrogen-bond acceptors (Lipinski definition) is 1. The Balaban J connectivity index is 5.48. The predicted molar refractivity (Wildman–Crippen MR) is 102 cm³/mol. The van der Waals surface area contributed by atoms with Crippen molar-refractivity contribution in [2.45, 2.75) is 60.3 Å². The van der Waals surface area contributed by atoms with E-state index in [1.54, 1.807) is 6.20 Å². The number of rotatable bonds is 10. The van der Waals surface area contributed by atoms with Crippen molar-refractivity contribution in [2.75, 3.05) is 0 Å². The van der Waals surface area contributed by atoms with Crippen LogP contribution in [0.25, 0.3) is 0 Å². The van der Waals surface area contributed by atoms with Gasteiger partial charge in [0, 0.05) is 0 Å². The van der Waals surface area contributed by atoms with Gasteiger partial charge in [0.15, 0.2) is 0 Å². The monoisotopic (exact) mass is 301 g/mol. The molecule has 2 N–H and O–H groups in total. The highest BCUT2D eigenvalue weighted by atomic mass is 14.5. The first-order chi connectivity index (χ1) is 10.4. The molecule has 0 rings (SSSR count). The Labute approximate surface area is 138 Å². The highest BCUT2D eigenvalue weighted by Gasteiger charge is 2.26. The first-order valence-corrected chi connectivity index (χ1v) is 8.45. The third kappa shape index (κ3) is 7.49. The molecule has 1 unspecified atom stereocenters. The van der Waals surface area contributed by atoms with Crippen LogP contribution in [0.2, 0.25) is 0 Å². The molecule has 0 saturated carbocycles. The van der Waals surface area contributed by atoms with Gasteiger partial charge in [-0.3, -0.25) is 0 Å². The molecule has 1 atom stereocenters. The Morgan fingerprint density at radius 1 is 1.23 bits per heavy atom. The van der Waals surface area contributed by atoms with E-state index in [0.717, 1.165) is 12.3 Å². The highest BCUT2D eigenvalue weighted by Crippen LogP contribution is 2.39. The highest BCUT2D eigenvalue weighted by molar-refractivity contribution is 5.39. The first kappa shape index (κ1) is 20.5. The molecule has 0 saturated heterocycles. The molecule has 0 fully saturated rings. The maximum Gasteiger partial charge on any atom is -0.00624 e. The van der Waals surface area contributed by atoms with E-state index in [0.29, 0.717) is 0 Å². The number of hydrogen-bond donors (Lipinski definition) is 1. The first-order valence-electron chi connectivity index (χ1n) is 8.45. The second-order valence-corrected chi connectivity index (χ2v) is 6.64. The van der Waals surface area contributed by atoms with Crippen molar-refractivity contribution in [3.8, 4) is 0 Å². The van der Waals surface area contributed by atoms with Gasteiger partial charge in [-0.25, -0.2) is 0 Å². The standard InChI is InChI=1S/C21H35N/c1-7-13-18(4)17-21(5,6)20(15-11-10-12-16-22)19(9-3)14-8-2/h8-12,15-16,18H,2,7,13-14,17,22H2,1,3-6H3/b11-10-,16-12+,19-9+,20-15+. The van der Waals surface area contributed by atoms with E-state index in [2.05, 4.69) is 59.4 Å². The lowest BCUT2D eigenvalue weighted by atomic mass is 9.72. The zero-order valence-corrected chi connectivity index (χ0v) is 15.2. The molecule has 0 bridgehead atoms. The molecule has 0 amide bonds. The third-order valence-corrected chi connectivity index (χ3v) is 4.02. The summed E-state index contributed by atoms with van der Waals surface area (Å²) in [6.45, 7) is 15.3. The SMILES string of the molecule is C=CCC(=C\C)/C(=C\C=C/C=C/N)C(C)(C)CC(C)CCC. The zero-order valence-electron chi connectivity index (χ0n) is 15.2. The molecule has 1 nitrogen and oxygen atoms in total. The summed E-state index contributed by atoms with van der Waals surface area (Å²) in [5, 5.41) is 0. The molecule has 0 aliphatic rings.